The first kappa shape index (κ1) is 29.8. The predicted octanol–water partition coefficient (Wildman–Crippen LogP) is 8.41. The van der Waals surface area contributed by atoms with Crippen LogP contribution in [0.1, 0.15) is 81.5 Å². The molecular formula is C36H41F2N3O. The van der Waals surface area contributed by atoms with Gasteiger partial charge in [-0.3, -0.25) is 14.8 Å². The van der Waals surface area contributed by atoms with Gasteiger partial charge in [-0.2, -0.15) is 0 Å². The molecule has 1 aliphatic heterocycles. The maximum atomic E-state index is 15.0. The van der Waals surface area contributed by atoms with Crippen LogP contribution in [-0.4, -0.2) is 45.8 Å². The molecule has 0 amide bonds. The van der Waals surface area contributed by atoms with E-state index in [1.165, 1.54) is 0 Å². The summed E-state index contributed by atoms with van der Waals surface area (Å²) >= 11 is 0. The van der Waals surface area contributed by atoms with Gasteiger partial charge in [0.15, 0.2) is 5.78 Å². The van der Waals surface area contributed by atoms with Crippen molar-refractivity contribution in [2.24, 2.45) is 10.4 Å². The lowest BCUT2D eigenvalue weighted by Crippen LogP contribution is -2.35. The summed E-state index contributed by atoms with van der Waals surface area (Å²) in [4.78, 5) is 24.9. The molecule has 0 N–H and O–H groups in total. The van der Waals surface area contributed by atoms with Crippen molar-refractivity contribution in [3.63, 3.8) is 0 Å². The van der Waals surface area contributed by atoms with E-state index in [0.29, 0.717) is 30.5 Å². The molecule has 0 saturated carbocycles. The molecule has 0 radical (unpaired) electrons. The van der Waals surface area contributed by atoms with Gasteiger partial charge in [0.25, 0.3) is 0 Å². The van der Waals surface area contributed by atoms with Gasteiger partial charge in [0, 0.05) is 55.3 Å². The first-order valence-corrected chi connectivity index (χ1v) is 15.0. The lowest BCUT2D eigenvalue weighted by Gasteiger charge is -2.34. The third kappa shape index (κ3) is 6.69. The highest BCUT2D eigenvalue weighted by Crippen LogP contribution is 2.36. The second-order valence-electron chi connectivity index (χ2n) is 12.8. The monoisotopic (exact) mass is 569 g/mol. The minimum absolute atomic E-state index is 0.0903. The van der Waals surface area contributed by atoms with Gasteiger partial charge >= 0.3 is 0 Å². The Bertz CT molecular complexity index is 1480. The van der Waals surface area contributed by atoms with E-state index in [-0.39, 0.29) is 23.7 Å². The highest BCUT2D eigenvalue weighted by Gasteiger charge is 2.32. The number of hydrogen-bond donors (Lipinski definition) is 0. The van der Waals surface area contributed by atoms with E-state index >= 15 is 4.39 Å². The van der Waals surface area contributed by atoms with E-state index in [1.54, 1.807) is 31.2 Å². The largest absolute Gasteiger partial charge is 0.370 e. The summed E-state index contributed by atoms with van der Waals surface area (Å²) in [6.45, 7) is 12.8. The zero-order chi connectivity index (χ0) is 30.1. The molecule has 3 aliphatic carbocycles. The van der Waals surface area contributed by atoms with Crippen LogP contribution < -0.4 is 0 Å². The Kier molecular flexibility index (Phi) is 8.45. The van der Waals surface area contributed by atoms with Gasteiger partial charge < -0.3 is 4.90 Å². The van der Waals surface area contributed by atoms with Gasteiger partial charge in [-0.05, 0) is 60.6 Å². The molecular weight excluding hydrogens is 528 g/mol. The third-order valence-corrected chi connectivity index (χ3v) is 8.27. The summed E-state index contributed by atoms with van der Waals surface area (Å²) in [6.07, 6.45) is 19.0. The number of aliphatic imine (C=N–C) groups is 1. The second-order valence-corrected chi connectivity index (χ2v) is 12.8. The van der Waals surface area contributed by atoms with Crippen molar-refractivity contribution in [1.29, 1.82) is 0 Å². The molecule has 4 aliphatic rings. The number of halogens is 2. The minimum atomic E-state index is -1.45. The smallest absolute Gasteiger partial charge is 0.165 e. The molecule has 1 aromatic rings. The zero-order valence-corrected chi connectivity index (χ0v) is 25.2. The summed E-state index contributed by atoms with van der Waals surface area (Å²) < 4.78 is 29.4. The fraction of sp³-hybridized carbons (Fsp3) is 0.417. The maximum absolute atomic E-state index is 15.0. The van der Waals surface area contributed by atoms with Crippen LogP contribution in [0.2, 0.25) is 0 Å². The highest BCUT2D eigenvalue weighted by molar-refractivity contribution is 6.03. The maximum Gasteiger partial charge on any atom is 0.165 e. The lowest BCUT2D eigenvalue weighted by atomic mass is 9.75. The van der Waals surface area contributed by atoms with Gasteiger partial charge in [0.1, 0.15) is 11.8 Å². The van der Waals surface area contributed by atoms with E-state index in [1.807, 2.05) is 30.4 Å². The van der Waals surface area contributed by atoms with Crippen LogP contribution in [0.4, 0.5) is 8.78 Å². The number of alkyl halides is 2. The molecule has 0 fully saturated rings. The average Bonchev–Trinajstić information content (AvgIpc) is 2.93. The van der Waals surface area contributed by atoms with Gasteiger partial charge in [-0.1, -0.05) is 63.8 Å². The number of nitrogens with zero attached hydrogens (tertiary/aromatic N) is 3. The van der Waals surface area contributed by atoms with E-state index < -0.39 is 11.8 Å². The summed E-state index contributed by atoms with van der Waals surface area (Å²) in [5, 5.41) is 0. The van der Waals surface area contributed by atoms with Crippen LogP contribution in [0.25, 0.3) is 5.57 Å². The van der Waals surface area contributed by atoms with Crippen molar-refractivity contribution in [1.82, 2.24) is 9.88 Å². The van der Waals surface area contributed by atoms with Crippen LogP contribution in [-0.2, 0) is 6.42 Å². The van der Waals surface area contributed by atoms with E-state index in [9.17, 15) is 9.18 Å². The number of carbonyl (C=O) groups excluding carboxylic acids is 1. The number of ketones is 1. The zero-order valence-electron chi connectivity index (χ0n) is 25.2. The molecule has 0 bridgehead atoms. The number of hydrogen-bond acceptors (Lipinski definition) is 4. The number of Topliss-reactive ketones (excluding diaryl/α,β-unsaturated/α-hetero) is 1. The number of pyridine rings is 1. The Morgan fingerprint density at radius 1 is 1.21 bits per heavy atom. The van der Waals surface area contributed by atoms with Crippen molar-refractivity contribution < 1.29 is 13.6 Å². The Balaban J connectivity index is 1.53. The van der Waals surface area contributed by atoms with Gasteiger partial charge in [-0.15, -0.1) is 0 Å². The van der Waals surface area contributed by atoms with Crippen LogP contribution in [0, 0.1) is 5.41 Å². The molecule has 0 spiro atoms. The molecule has 42 heavy (non-hydrogen) atoms. The van der Waals surface area contributed by atoms with Crippen LogP contribution in [0.15, 0.2) is 95.4 Å². The molecule has 1 aromatic heterocycles. The molecule has 0 saturated heterocycles. The number of rotatable bonds is 8. The summed E-state index contributed by atoms with van der Waals surface area (Å²) in [5.41, 5.74) is 4.75. The molecule has 220 valence electrons. The van der Waals surface area contributed by atoms with Gasteiger partial charge in [-0.25, -0.2) is 8.78 Å². The van der Waals surface area contributed by atoms with Crippen LogP contribution in [0.3, 0.4) is 0 Å². The normalized spacial score (nSPS) is 27.0. The predicted molar refractivity (Wildman–Crippen MR) is 168 cm³/mol. The standard InChI is InChI=1S/C36H41F2N3O/c1-6-16-41(23-24(7-2)30-14-13-29-33(39-30)21-35(3,4)22-34(29)42)28-18-31(25-10-8-12-27(37)17-25)40-32(19-28)26-11-9-15-36(5,38)20-26/h7-14,19-20,23,27-28H,2,6,15-18,21-22H2,1,3-5H3/b24-23+. The Hall–Kier alpha value is -3.67. The van der Waals surface area contributed by atoms with Crippen molar-refractivity contribution in [2.45, 2.75) is 84.1 Å². The van der Waals surface area contributed by atoms with Crippen molar-refractivity contribution in [2.75, 3.05) is 6.54 Å². The third-order valence-electron chi connectivity index (χ3n) is 8.27. The Morgan fingerprint density at radius 3 is 2.74 bits per heavy atom. The summed E-state index contributed by atoms with van der Waals surface area (Å²) in [5.74, 6) is 0.140. The Morgan fingerprint density at radius 2 is 2.02 bits per heavy atom. The van der Waals surface area contributed by atoms with E-state index in [0.717, 1.165) is 53.2 Å². The quantitative estimate of drug-likeness (QED) is 0.295. The summed E-state index contributed by atoms with van der Waals surface area (Å²) in [6, 6.07) is 3.71. The first-order valence-electron chi connectivity index (χ1n) is 15.0. The Labute approximate surface area is 248 Å². The first-order chi connectivity index (χ1) is 20.0. The highest BCUT2D eigenvalue weighted by atomic mass is 19.1. The molecule has 4 nitrogen and oxygen atoms in total. The molecule has 6 heteroatoms. The number of aromatic nitrogens is 1. The van der Waals surface area contributed by atoms with Gasteiger partial charge in [0.05, 0.1) is 23.1 Å². The van der Waals surface area contributed by atoms with Crippen molar-refractivity contribution >= 4 is 17.1 Å². The topological polar surface area (TPSA) is 45.6 Å². The average molecular weight is 570 g/mol. The fourth-order valence-corrected chi connectivity index (χ4v) is 6.19. The number of allylic oxidation sites excluding steroid dienone is 9. The SMILES string of the molecule is C=C/C(=C\N(CCC)C1C=C(C2=CC(C)(F)CC=C2)N=C(C2=CC=CC(F)C2)C1)c1ccc2c(n1)CC(C)(C)CC2=O. The van der Waals surface area contributed by atoms with E-state index in [2.05, 4.69) is 44.5 Å². The fourth-order valence-electron chi connectivity index (χ4n) is 6.19. The molecule has 3 unspecified atom stereocenters. The van der Waals surface area contributed by atoms with Crippen molar-refractivity contribution in [3.05, 3.63) is 107 Å². The van der Waals surface area contributed by atoms with Gasteiger partial charge in [0.2, 0.25) is 0 Å². The lowest BCUT2D eigenvalue weighted by molar-refractivity contribution is 0.0910. The van der Waals surface area contributed by atoms with Crippen LogP contribution in [0.5, 0.6) is 0 Å². The van der Waals surface area contributed by atoms with Crippen LogP contribution >= 0.6 is 0 Å². The molecule has 5 rings (SSSR count). The van der Waals surface area contributed by atoms with Crippen molar-refractivity contribution in [3.8, 4) is 0 Å². The second kappa shape index (κ2) is 11.9. The number of carbonyl (C=O) groups is 1. The molecule has 2 heterocycles. The molecule has 0 aromatic carbocycles. The summed E-state index contributed by atoms with van der Waals surface area (Å²) in [7, 11) is 0. The van der Waals surface area contributed by atoms with E-state index in [4.69, 9.17) is 9.98 Å². The number of fused-ring (bicyclic) bond motifs is 1. The molecule has 3 atom stereocenters. The minimum Gasteiger partial charge on any atom is -0.370 e.